The molecule has 0 aliphatic rings. The van der Waals surface area contributed by atoms with E-state index in [1.165, 1.54) is 37.5 Å². The molecule has 0 aromatic rings. The van der Waals surface area contributed by atoms with Gasteiger partial charge in [0.05, 0.1) is 7.11 Å². The fraction of sp³-hybridized carbons (Fsp3) is 0.583. The third kappa shape index (κ3) is 7.94. The third-order valence-electron chi connectivity index (χ3n) is 2.04. The van der Waals surface area contributed by atoms with Crippen LogP contribution in [0, 0.1) is 0 Å². The molecule has 3 nitrogen and oxygen atoms in total. The number of carbonyl (C=O) groups is 1. The monoisotopic (exact) mass is 211 g/mol. The zero-order valence-corrected chi connectivity index (χ0v) is 9.90. The van der Waals surface area contributed by atoms with Gasteiger partial charge in [-0.3, -0.25) is 9.63 Å². The first kappa shape index (κ1) is 13.9. The van der Waals surface area contributed by atoms with Crippen molar-refractivity contribution >= 4 is 5.91 Å². The minimum Gasteiger partial charge on any atom is -0.274 e. The number of hydroxylamine groups is 2. The van der Waals surface area contributed by atoms with Crippen LogP contribution in [0.4, 0.5) is 0 Å². The van der Waals surface area contributed by atoms with Gasteiger partial charge >= 0.3 is 0 Å². The molecule has 0 heterocycles. The summed E-state index contributed by atoms with van der Waals surface area (Å²) < 4.78 is 0. The van der Waals surface area contributed by atoms with Gasteiger partial charge in [-0.15, -0.1) is 0 Å². The molecular formula is C12H21NO2. The lowest BCUT2D eigenvalue weighted by Gasteiger charge is -2.09. The van der Waals surface area contributed by atoms with E-state index in [1.54, 1.807) is 13.1 Å². The molecule has 0 aliphatic carbocycles. The molecule has 3 heteroatoms. The van der Waals surface area contributed by atoms with Crippen molar-refractivity contribution in [1.29, 1.82) is 0 Å². The van der Waals surface area contributed by atoms with E-state index < -0.39 is 0 Å². The molecule has 0 saturated carbocycles. The highest BCUT2D eigenvalue weighted by molar-refractivity contribution is 5.86. The van der Waals surface area contributed by atoms with Crippen molar-refractivity contribution in [3.05, 3.63) is 24.3 Å². The van der Waals surface area contributed by atoms with Crippen molar-refractivity contribution in [2.75, 3.05) is 14.2 Å². The molecule has 0 unspecified atom stereocenters. The maximum Gasteiger partial charge on any atom is 0.269 e. The smallest absolute Gasteiger partial charge is 0.269 e. The summed E-state index contributed by atoms with van der Waals surface area (Å²) in [6.07, 6.45) is 12.0. The number of hydrogen-bond acceptors (Lipinski definition) is 2. The second kappa shape index (κ2) is 9.46. The second-order valence-corrected chi connectivity index (χ2v) is 3.30. The number of carbonyl (C=O) groups excluding carboxylic acids is 1. The van der Waals surface area contributed by atoms with Gasteiger partial charge in [0, 0.05) is 13.1 Å². The Bertz CT molecular complexity index is 222. The zero-order chi connectivity index (χ0) is 11.5. The van der Waals surface area contributed by atoms with E-state index in [4.69, 9.17) is 4.84 Å². The Balaban J connectivity index is 3.64. The molecule has 0 N–H and O–H groups in total. The molecule has 0 rings (SSSR count). The van der Waals surface area contributed by atoms with Crippen LogP contribution in [-0.2, 0) is 9.63 Å². The quantitative estimate of drug-likeness (QED) is 0.280. The van der Waals surface area contributed by atoms with E-state index in [0.29, 0.717) is 0 Å². The predicted octanol–water partition coefficient (Wildman–Crippen LogP) is 2.70. The molecule has 0 saturated heterocycles. The van der Waals surface area contributed by atoms with Crippen LogP contribution in [-0.4, -0.2) is 25.1 Å². The van der Waals surface area contributed by atoms with Gasteiger partial charge < -0.3 is 0 Å². The summed E-state index contributed by atoms with van der Waals surface area (Å²) in [6, 6.07) is 0. The molecule has 15 heavy (non-hydrogen) atoms. The maximum absolute atomic E-state index is 11.2. The molecule has 86 valence electrons. The van der Waals surface area contributed by atoms with Crippen LogP contribution in [0.5, 0.6) is 0 Å². The summed E-state index contributed by atoms with van der Waals surface area (Å²) in [5.41, 5.74) is 0. The van der Waals surface area contributed by atoms with Gasteiger partial charge in [0.2, 0.25) is 0 Å². The first-order valence-corrected chi connectivity index (χ1v) is 5.37. The number of rotatable bonds is 7. The fourth-order valence-corrected chi connectivity index (χ4v) is 1.02. The number of hydrogen-bond donors (Lipinski definition) is 0. The van der Waals surface area contributed by atoms with E-state index in [9.17, 15) is 4.79 Å². The Hall–Kier alpha value is -1.09. The van der Waals surface area contributed by atoms with Crippen LogP contribution in [0.3, 0.4) is 0 Å². The van der Waals surface area contributed by atoms with E-state index in [2.05, 4.69) is 13.0 Å². The van der Waals surface area contributed by atoms with Gasteiger partial charge in [0.25, 0.3) is 5.91 Å². The summed E-state index contributed by atoms with van der Waals surface area (Å²) in [5.74, 6) is -0.157. The van der Waals surface area contributed by atoms with Crippen LogP contribution >= 0.6 is 0 Å². The third-order valence-corrected chi connectivity index (χ3v) is 2.04. The second-order valence-electron chi connectivity index (χ2n) is 3.30. The van der Waals surface area contributed by atoms with Crippen molar-refractivity contribution in [3.63, 3.8) is 0 Å². The molecule has 0 spiro atoms. The minimum absolute atomic E-state index is 0.157. The molecule has 0 aromatic heterocycles. The summed E-state index contributed by atoms with van der Waals surface area (Å²) in [4.78, 5) is 15.9. The van der Waals surface area contributed by atoms with Crippen molar-refractivity contribution in [2.24, 2.45) is 0 Å². The Kier molecular flexibility index (Phi) is 8.78. The van der Waals surface area contributed by atoms with Gasteiger partial charge in [-0.25, -0.2) is 5.06 Å². The zero-order valence-electron chi connectivity index (χ0n) is 9.90. The molecule has 1 amide bonds. The van der Waals surface area contributed by atoms with Gasteiger partial charge in [-0.1, -0.05) is 38.0 Å². The molecule has 0 aromatic carbocycles. The highest BCUT2D eigenvalue weighted by Crippen LogP contribution is 1.99. The largest absolute Gasteiger partial charge is 0.274 e. The Morgan fingerprint density at radius 1 is 1.33 bits per heavy atom. The van der Waals surface area contributed by atoms with E-state index >= 15 is 0 Å². The molecule has 0 atom stereocenters. The van der Waals surface area contributed by atoms with Crippen LogP contribution in [0.2, 0.25) is 0 Å². The first-order valence-electron chi connectivity index (χ1n) is 5.37. The number of likely N-dealkylation sites (N-methyl/N-ethyl adjacent to an activating group) is 1. The highest BCUT2D eigenvalue weighted by Gasteiger charge is 1.99. The van der Waals surface area contributed by atoms with Crippen molar-refractivity contribution in [2.45, 2.75) is 32.6 Å². The maximum atomic E-state index is 11.2. The van der Waals surface area contributed by atoms with Crippen molar-refractivity contribution in [1.82, 2.24) is 5.06 Å². The Morgan fingerprint density at radius 3 is 2.67 bits per heavy atom. The van der Waals surface area contributed by atoms with Crippen LogP contribution in [0.15, 0.2) is 24.3 Å². The standard InChI is InChI=1S/C12H21NO2/c1-4-5-6-7-8-9-10-11-12(14)13(2)15-3/h8-11H,4-7H2,1-3H3/b9-8?,11-10+. The predicted molar refractivity (Wildman–Crippen MR) is 62.2 cm³/mol. The Labute approximate surface area is 92.4 Å². The van der Waals surface area contributed by atoms with Crippen LogP contribution in [0.25, 0.3) is 0 Å². The molecule has 0 radical (unpaired) electrons. The number of unbranched alkanes of at least 4 members (excludes halogenated alkanes) is 3. The van der Waals surface area contributed by atoms with E-state index in [1.807, 2.05) is 6.08 Å². The topological polar surface area (TPSA) is 29.5 Å². The van der Waals surface area contributed by atoms with Crippen molar-refractivity contribution in [3.8, 4) is 0 Å². The summed E-state index contributed by atoms with van der Waals surface area (Å²) in [5, 5.41) is 1.18. The molecule has 0 bridgehead atoms. The van der Waals surface area contributed by atoms with Gasteiger partial charge in [-0.2, -0.15) is 0 Å². The van der Waals surface area contributed by atoms with Crippen molar-refractivity contribution < 1.29 is 9.63 Å². The first-order chi connectivity index (χ1) is 7.22. The average Bonchev–Trinajstić information content (AvgIpc) is 2.26. The summed E-state index contributed by atoms with van der Waals surface area (Å²) in [6.45, 7) is 2.18. The van der Waals surface area contributed by atoms with E-state index in [-0.39, 0.29) is 5.91 Å². The molecule has 0 aliphatic heterocycles. The molecular weight excluding hydrogens is 190 g/mol. The normalized spacial score (nSPS) is 11.4. The number of allylic oxidation sites excluding steroid dienone is 3. The van der Waals surface area contributed by atoms with Gasteiger partial charge in [0.1, 0.15) is 0 Å². The lowest BCUT2D eigenvalue weighted by Crippen LogP contribution is -2.22. The van der Waals surface area contributed by atoms with E-state index in [0.717, 1.165) is 6.42 Å². The minimum atomic E-state index is -0.157. The number of amides is 1. The van der Waals surface area contributed by atoms with Gasteiger partial charge in [0.15, 0.2) is 0 Å². The summed E-state index contributed by atoms with van der Waals surface area (Å²) >= 11 is 0. The molecule has 0 fully saturated rings. The fourth-order valence-electron chi connectivity index (χ4n) is 1.02. The SMILES string of the molecule is CCCCCC=C/C=C/C(=O)N(C)OC. The Morgan fingerprint density at radius 2 is 2.07 bits per heavy atom. The lowest BCUT2D eigenvalue weighted by atomic mass is 10.2. The van der Waals surface area contributed by atoms with Crippen LogP contribution in [0.1, 0.15) is 32.6 Å². The number of nitrogens with zero attached hydrogens (tertiary/aromatic N) is 1. The van der Waals surface area contributed by atoms with Crippen LogP contribution < -0.4 is 0 Å². The van der Waals surface area contributed by atoms with Gasteiger partial charge in [-0.05, 0) is 12.8 Å². The highest BCUT2D eigenvalue weighted by atomic mass is 16.7. The average molecular weight is 211 g/mol. The lowest BCUT2D eigenvalue weighted by molar-refractivity contribution is -0.162. The summed E-state index contributed by atoms with van der Waals surface area (Å²) in [7, 11) is 3.05.